The summed E-state index contributed by atoms with van der Waals surface area (Å²) in [6.45, 7) is 3.81. The van der Waals surface area contributed by atoms with Gasteiger partial charge >= 0.3 is 0 Å². The summed E-state index contributed by atoms with van der Waals surface area (Å²) < 4.78 is 6.39. The van der Waals surface area contributed by atoms with Crippen molar-refractivity contribution in [3.05, 3.63) is 21.8 Å². The molecule has 0 aromatic heterocycles. The summed E-state index contributed by atoms with van der Waals surface area (Å²) in [5, 5.41) is 3.42. The zero-order chi connectivity index (χ0) is 10.7. The number of halogens is 1. The number of anilines is 2. The van der Waals surface area contributed by atoms with Gasteiger partial charge in [0.05, 0.1) is 18.0 Å². The van der Waals surface area contributed by atoms with Gasteiger partial charge in [-0.1, -0.05) is 0 Å². The molecule has 0 atom stereocenters. The Hall–Kier alpha value is -0.490. The highest BCUT2D eigenvalue weighted by molar-refractivity contribution is 14.1. The van der Waals surface area contributed by atoms with E-state index >= 15 is 0 Å². The quantitative estimate of drug-likeness (QED) is 0.865. The monoisotopic (exact) mass is 318 g/mol. The highest BCUT2D eigenvalue weighted by atomic mass is 127. The first-order valence-corrected chi connectivity index (χ1v) is 6.16. The summed E-state index contributed by atoms with van der Waals surface area (Å²) in [7, 11) is 1.75. The fourth-order valence-electron chi connectivity index (χ4n) is 1.81. The SMILES string of the molecule is COCCN1CCNc2cc(I)ccc21. The third-order valence-corrected chi connectivity index (χ3v) is 3.23. The Bertz CT molecular complexity index is 343. The maximum atomic E-state index is 5.12. The maximum absolute atomic E-state index is 5.12. The number of methoxy groups -OCH3 is 1. The lowest BCUT2D eigenvalue weighted by Gasteiger charge is -2.32. The minimum absolute atomic E-state index is 0.783. The fourth-order valence-corrected chi connectivity index (χ4v) is 2.30. The van der Waals surface area contributed by atoms with E-state index in [-0.39, 0.29) is 0 Å². The standard InChI is InChI=1S/C11H15IN2O/c1-15-7-6-14-5-4-13-10-8-9(12)2-3-11(10)14/h2-3,8,13H,4-7H2,1H3. The molecular formula is C11H15IN2O. The van der Waals surface area contributed by atoms with E-state index in [2.05, 4.69) is 51.0 Å². The van der Waals surface area contributed by atoms with Gasteiger partial charge in [0.15, 0.2) is 0 Å². The largest absolute Gasteiger partial charge is 0.383 e. The van der Waals surface area contributed by atoms with E-state index in [1.165, 1.54) is 14.9 Å². The molecule has 0 aliphatic carbocycles. The Morgan fingerprint density at radius 1 is 1.53 bits per heavy atom. The summed E-state index contributed by atoms with van der Waals surface area (Å²) in [6.07, 6.45) is 0. The highest BCUT2D eigenvalue weighted by Crippen LogP contribution is 2.30. The number of benzene rings is 1. The molecule has 2 rings (SSSR count). The van der Waals surface area contributed by atoms with Crippen LogP contribution in [0.1, 0.15) is 0 Å². The van der Waals surface area contributed by atoms with Gasteiger partial charge in [0, 0.05) is 30.3 Å². The van der Waals surface area contributed by atoms with Crippen LogP contribution in [0, 0.1) is 3.57 Å². The van der Waals surface area contributed by atoms with Crippen molar-refractivity contribution in [3.8, 4) is 0 Å². The van der Waals surface area contributed by atoms with Gasteiger partial charge in [0.1, 0.15) is 0 Å². The number of ether oxygens (including phenoxy) is 1. The Morgan fingerprint density at radius 3 is 3.20 bits per heavy atom. The molecule has 0 radical (unpaired) electrons. The van der Waals surface area contributed by atoms with Crippen molar-refractivity contribution in [2.75, 3.05) is 43.6 Å². The van der Waals surface area contributed by atoms with Gasteiger partial charge in [-0.2, -0.15) is 0 Å². The number of nitrogens with zero attached hydrogens (tertiary/aromatic N) is 1. The van der Waals surface area contributed by atoms with Gasteiger partial charge < -0.3 is 15.0 Å². The number of hydrogen-bond acceptors (Lipinski definition) is 3. The zero-order valence-corrected chi connectivity index (χ0v) is 11.0. The van der Waals surface area contributed by atoms with Crippen LogP contribution in [-0.4, -0.2) is 33.4 Å². The molecule has 1 aromatic carbocycles. The van der Waals surface area contributed by atoms with Gasteiger partial charge in [0.2, 0.25) is 0 Å². The van der Waals surface area contributed by atoms with E-state index in [0.717, 1.165) is 26.2 Å². The second-order valence-electron chi connectivity index (χ2n) is 3.57. The van der Waals surface area contributed by atoms with Crippen LogP contribution in [0.2, 0.25) is 0 Å². The first kappa shape index (κ1) is 11.0. The van der Waals surface area contributed by atoms with Crippen molar-refractivity contribution in [1.29, 1.82) is 0 Å². The normalized spacial score (nSPS) is 14.7. The van der Waals surface area contributed by atoms with E-state index in [4.69, 9.17) is 4.74 Å². The third-order valence-electron chi connectivity index (χ3n) is 2.56. The molecule has 15 heavy (non-hydrogen) atoms. The van der Waals surface area contributed by atoms with Crippen molar-refractivity contribution in [2.45, 2.75) is 0 Å². The minimum Gasteiger partial charge on any atom is -0.383 e. The second kappa shape index (κ2) is 5.03. The summed E-state index contributed by atoms with van der Waals surface area (Å²) in [5.74, 6) is 0. The topological polar surface area (TPSA) is 24.5 Å². The van der Waals surface area contributed by atoms with Crippen LogP contribution >= 0.6 is 22.6 Å². The molecule has 4 heteroatoms. The molecule has 0 saturated carbocycles. The van der Waals surface area contributed by atoms with Crippen LogP contribution in [0.3, 0.4) is 0 Å². The zero-order valence-electron chi connectivity index (χ0n) is 8.79. The van der Waals surface area contributed by atoms with Crippen molar-refractivity contribution < 1.29 is 4.74 Å². The molecule has 0 amide bonds. The molecule has 1 aromatic rings. The van der Waals surface area contributed by atoms with Crippen molar-refractivity contribution in [3.63, 3.8) is 0 Å². The fraction of sp³-hybridized carbons (Fsp3) is 0.455. The molecule has 82 valence electrons. The molecule has 0 unspecified atom stereocenters. The lowest BCUT2D eigenvalue weighted by atomic mass is 10.2. The number of rotatable bonds is 3. The van der Waals surface area contributed by atoms with Gasteiger partial charge in [-0.3, -0.25) is 0 Å². The smallest absolute Gasteiger partial charge is 0.0637 e. The Kier molecular flexibility index (Phi) is 3.69. The van der Waals surface area contributed by atoms with Crippen molar-refractivity contribution in [2.24, 2.45) is 0 Å². The van der Waals surface area contributed by atoms with Gasteiger partial charge in [-0.05, 0) is 40.8 Å². The molecule has 1 heterocycles. The lowest BCUT2D eigenvalue weighted by molar-refractivity contribution is 0.205. The van der Waals surface area contributed by atoms with Crippen LogP contribution in [0.25, 0.3) is 0 Å². The van der Waals surface area contributed by atoms with E-state index in [0.29, 0.717) is 0 Å². The number of nitrogens with one attached hydrogen (secondary N) is 1. The highest BCUT2D eigenvalue weighted by Gasteiger charge is 2.15. The van der Waals surface area contributed by atoms with Crippen molar-refractivity contribution >= 4 is 34.0 Å². The summed E-state index contributed by atoms with van der Waals surface area (Å²) in [4.78, 5) is 2.37. The minimum atomic E-state index is 0.783. The van der Waals surface area contributed by atoms with Crippen LogP contribution in [0.15, 0.2) is 18.2 Å². The summed E-state index contributed by atoms with van der Waals surface area (Å²) >= 11 is 2.34. The van der Waals surface area contributed by atoms with E-state index < -0.39 is 0 Å². The van der Waals surface area contributed by atoms with Crippen LogP contribution < -0.4 is 10.2 Å². The predicted molar refractivity (Wildman–Crippen MR) is 71.7 cm³/mol. The Morgan fingerprint density at radius 2 is 2.40 bits per heavy atom. The first-order valence-electron chi connectivity index (χ1n) is 5.08. The van der Waals surface area contributed by atoms with E-state index in [9.17, 15) is 0 Å². The van der Waals surface area contributed by atoms with Gasteiger partial charge in [0.25, 0.3) is 0 Å². The van der Waals surface area contributed by atoms with E-state index in [1.54, 1.807) is 7.11 Å². The molecule has 0 spiro atoms. The molecular weight excluding hydrogens is 303 g/mol. The molecule has 3 nitrogen and oxygen atoms in total. The van der Waals surface area contributed by atoms with Crippen LogP contribution in [0.4, 0.5) is 11.4 Å². The molecule has 0 bridgehead atoms. The first-order chi connectivity index (χ1) is 7.31. The average molecular weight is 318 g/mol. The maximum Gasteiger partial charge on any atom is 0.0637 e. The Balaban J connectivity index is 2.18. The molecule has 1 aliphatic heterocycles. The molecule has 1 N–H and O–H groups in total. The van der Waals surface area contributed by atoms with Gasteiger partial charge in [-0.15, -0.1) is 0 Å². The summed E-state index contributed by atoms with van der Waals surface area (Å²) in [6, 6.07) is 6.51. The van der Waals surface area contributed by atoms with E-state index in [1.807, 2.05) is 0 Å². The lowest BCUT2D eigenvalue weighted by Crippen LogP contribution is -2.36. The van der Waals surface area contributed by atoms with Crippen LogP contribution in [-0.2, 0) is 4.74 Å². The summed E-state index contributed by atoms with van der Waals surface area (Å²) in [5.41, 5.74) is 2.53. The van der Waals surface area contributed by atoms with Gasteiger partial charge in [-0.25, -0.2) is 0 Å². The number of fused-ring (bicyclic) bond motifs is 1. The second-order valence-corrected chi connectivity index (χ2v) is 4.81. The predicted octanol–water partition coefficient (Wildman–Crippen LogP) is 2.17. The molecule has 1 aliphatic rings. The average Bonchev–Trinajstić information content (AvgIpc) is 2.25. The van der Waals surface area contributed by atoms with Crippen molar-refractivity contribution in [1.82, 2.24) is 0 Å². The molecule has 0 saturated heterocycles. The Labute approximate surface area is 104 Å². The number of hydrogen-bond donors (Lipinski definition) is 1. The third kappa shape index (κ3) is 2.55. The molecule has 0 fully saturated rings. The van der Waals surface area contributed by atoms with Crippen LogP contribution in [0.5, 0.6) is 0 Å².